The van der Waals surface area contributed by atoms with Crippen LogP contribution in [-0.2, 0) is 9.53 Å². The molecule has 2 unspecified atom stereocenters. The Labute approximate surface area is 116 Å². The zero-order valence-corrected chi connectivity index (χ0v) is 12.3. The maximum Gasteiger partial charge on any atom is 0.249 e. The van der Waals surface area contributed by atoms with Crippen LogP contribution < -0.4 is 5.32 Å². The largest absolute Gasteiger partial charge is 0.372 e. The quantitative estimate of drug-likeness (QED) is 0.819. The molecule has 0 fully saturated rings. The summed E-state index contributed by atoms with van der Waals surface area (Å²) in [6.45, 7) is 6.09. The minimum Gasteiger partial charge on any atom is -0.372 e. The van der Waals surface area contributed by atoms with Crippen molar-refractivity contribution in [3.63, 3.8) is 0 Å². The first kappa shape index (κ1) is 15.7. The van der Waals surface area contributed by atoms with Gasteiger partial charge in [0, 0.05) is 7.11 Å². The Kier molecular flexibility index (Phi) is 6.57. The molecule has 0 bridgehead atoms. The van der Waals surface area contributed by atoms with Crippen molar-refractivity contribution in [2.75, 3.05) is 7.11 Å². The lowest BCUT2D eigenvalue weighted by molar-refractivity contribution is -0.131. The Morgan fingerprint density at radius 2 is 1.79 bits per heavy atom. The second-order valence-electron chi connectivity index (χ2n) is 4.85. The lowest BCUT2D eigenvalue weighted by Gasteiger charge is -2.28. The topological polar surface area (TPSA) is 38.3 Å². The van der Waals surface area contributed by atoms with Crippen LogP contribution in [0.3, 0.4) is 0 Å². The van der Waals surface area contributed by atoms with Crippen LogP contribution in [0.15, 0.2) is 30.3 Å². The normalized spacial score (nSPS) is 14.2. The van der Waals surface area contributed by atoms with E-state index < -0.39 is 6.10 Å². The SMILES string of the molecule is CCC(CC)C(NC(=O)C(C)OC)c1ccccc1. The van der Waals surface area contributed by atoms with Gasteiger partial charge in [0.25, 0.3) is 0 Å². The second kappa shape index (κ2) is 7.95. The van der Waals surface area contributed by atoms with E-state index in [9.17, 15) is 4.79 Å². The van der Waals surface area contributed by atoms with Crippen LogP contribution in [-0.4, -0.2) is 19.1 Å². The molecule has 2 atom stereocenters. The number of rotatable bonds is 7. The molecule has 106 valence electrons. The van der Waals surface area contributed by atoms with Gasteiger partial charge in [-0.2, -0.15) is 0 Å². The van der Waals surface area contributed by atoms with Crippen LogP contribution in [0.25, 0.3) is 0 Å². The van der Waals surface area contributed by atoms with Crippen molar-refractivity contribution in [3.8, 4) is 0 Å². The van der Waals surface area contributed by atoms with Crippen LogP contribution in [0.2, 0.25) is 0 Å². The van der Waals surface area contributed by atoms with E-state index in [-0.39, 0.29) is 11.9 Å². The number of benzene rings is 1. The minimum absolute atomic E-state index is 0.0525. The standard InChI is InChI=1S/C16H25NO2/c1-5-13(6-2)15(14-10-8-7-9-11-14)17-16(18)12(3)19-4/h7-13,15H,5-6H2,1-4H3,(H,17,18). The Bertz CT molecular complexity index is 374. The van der Waals surface area contributed by atoms with Gasteiger partial charge in [0.2, 0.25) is 5.91 Å². The third kappa shape index (κ3) is 4.35. The van der Waals surface area contributed by atoms with E-state index >= 15 is 0 Å². The van der Waals surface area contributed by atoms with Gasteiger partial charge in [0.1, 0.15) is 6.10 Å². The zero-order valence-electron chi connectivity index (χ0n) is 12.3. The second-order valence-corrected chi connectivity index (χ2v) is 4.85. The van der Waals surface area contributed by atoms with Crippen molar-refractivity contribution in [1.29, 1.82) is 0 Å². The molecule has 1 amide bonds. The molecule has 19 heavy (non-hydrogen) atoms. The first-order chi connectivity index (χ1) is 9.13. The highest BCUT2D eigenvalue weighted by Gasteiger charge is 2.24. The molecule has 0 aliphatic carbocycles. The molecule has 3 nitrogen and oxygen atoms in total. The van der Waals surface area contributed by atoms with E-state index in [4.69, 9.17) is 4.74 Å². The van der Waals surface area contributed by atoms with E-state index in [2.05, 4.69) is 31.3 Å². The summed E-state index contributed by atoms with van der Waals surface area (Å²) in [6, 6.07) is 10.2. The first-order valence-corrected chi connectivity index (χ1v) is 7.02. The fourth-order valence-electron chi connectivity index (χ4n) is 2.27. The molecule has 0 aliphatic rings. The molecule has 1 N–H and O–H groups in total. The molecular weight excluding hydrogens is 238 g/mol. The predicted octanol–water partition coefficient (Wildman–Crippen LogP) is 3.32. The van der Waals surface area contributed by atoms with Gasteiger partial charge in [-0.25, -0.2) is 0 Å². The molecule has 0 saturated carbocycles. The van der Waals surface area contributed by atoms with Crippen molar-refractivity contribution in [1.82, 2.24) is 5.32 Å². The number of hydrogen-bond donors (Lipinski definition) is 1. The maximum absolute atomic E-state index is 12.1. The number of nitrogens with one attached hydrogen (secondary N) is 1. The highest BCUT2D eigenvalue weighted by molar-refractivity contribution is 5.80. The summed E-state index contributed by atoms with van der Waals surface area (Å²) < 4.78 is 5.08. The van der Waals surface area contributed by atoms with Gasteiger partial charge in [0.05, 0.1) is 6.04 Å². The average molecular weight is 263 g/mol. The average Bonchev–Trinajstić information content (AvgIpc) is 2.47. The Morgan fingerprint density at radius 3 is 2.26 bits per heavy atom. The molecule has 0 radical (unpaired) electrons. The fraction of sp³-hybridized carbons (Fsp3) is 0.562. The maximum atomic E-state index is 12.1. The molecule has 1 aromatic rings. The zero-order chi connectivity index (χ0) is 14.3. The Hall–Kier alpha value is -1.35. The molecule has 0 saturated heterocycles. The summed E-state index contributed by atoms with van der Waals surface area (Å²) in [6.07, 6.45) is 1.66. The molecule has 0 aromatic heterocycles. The smallest absolute Gasteiger partial charge is 0.249 e. The van der Waals surface area contributed by atoms with E-state index in [0.29, 0.717) is 5.92 Å². The van der Waals surface area contributed by atoms with Gasteiger partial charge < -0.3 is 10.1 Å². The van der Waals surface area contributed by atoms with Crippen LogP contribution in [0.4, 0.5) is 0 Å². The van der Waals surface area contributed by atoms with Gasteiger partial charge >= 0.3 is 0 Å². The van der Waals surface area contributed by atoms with Gasteiger partial charge in [-0.3, -0.25) is 4.79 Å². The van der Waals surface area contributed by atoms with Crippen molar-refractivity contribution < 1.29 is 9.53 Å². The van der Waals surface area contributed by atoms with Crippen LogP contribution >= 0.6 is 0 Å². The highest BCUT2D eigenvalue weighted by Crippen LogP contribution is 2.27. The molecule has 0 heterocycles. The van der Waals surface area contributed by atoms with Crippen molar-refractivity contribution in [2.45, 2.75) is 45.8 Å². The number of hydrogen-bond acceptors (Lipinski definition) is 2. The van der Waals surface area contributed by atoms with E-state index in [1.807, 2.05) is 18.2 Å². The van der Waals surface area contributed by atoms with Crippen molar-refractivity contribution in [2.24, 2.45) is 5.92 Å². The fourth-order valence-corrected chi connectivity index (χ4v) is 2.27. The monoisotopic (exact) mass is 263 g/mol. The number of methoxy groups -OCH3 is 1. The summed E-state index contributed by atoms with van der Waals surface area (Å²) in [5.74, 6) is 0.388. The van der Waals surface area contributed by atoms with Gasteiger partial charge in [-0.15, -0.1) is 0 Å². The van der Waals surface area contributed by atoms with E-state index in [1.54, 1.807) is 14.0 Å². The molecule has 0 aliphatic heterocycles. The molecule has 0 spiro atoms. The van der Waals surface area contributed by atoms with Gasteiger partial charge in [-0.1, -0.05) is 57.0 Å². The number of carbonyl (C=O) groups excluding carboxylic acids is 1. The molecule has 1 rings (SSSR count). The summed E-state index contributed by atoms with van der Waals surface area (Å²) in [7, 11) is 1.55. The lowest BCUT2D eigenvalue weighted by atomic mass is 9.88. The number of amides is 1. The summed E-state index contributed by atoms with van der Waals surface area (Å²) >= 11 is 0. The summed E-state index contributed by atoms with van der Waals surface area (Å²) in [4.78, 5) is 12.1. The Balaban J connectivity index is 2.90. The molecular formula is C16H25NO2. The minimum atomic E-state index is -0.416. The first-order valence-electron chi connectivity index (χ1n) is 7.02. The number of carbonyl (C=O) groups is 1. The van der Waals surface area contributed by atoms with E-state index in [0.717, 1.165) is 18.4 Å². The summed E-state index contributed by atoms with van der Waals surface area (Å²) in [5, 5.41) is 3.12. The highest BCUT2D eigenvalue weighted by atomic mass is 16.5. The van der Waals surface area contributed by atoms with Crippen LogP contribution in [0, 0.1) is 5.92 Å². The Morgan fingerprint density at radius 1 is 1.21 bits per heavy atom. The predicted molar refractivity (Wildman–Crippen MR) is 77.9 cm³/mol. The summed E-state index contributed by atoms with van der Waals surface area (Å²) in [5.41, 5.74) is 1.16. The van der Waals surface area contributed by atoms with Crippen molar-refractivity contribution >= 4 is 5.91 Å². The van der Waals surface area contributed by atoms with Crippen molar-refractivity contribution in [3.05, 3.63) is 35.9 Å². The lowest BCUT2D eigenvalue weighted by Crippen LogP contribution is -2.39. The van der Waals surface area contributed by atoms with Gasteiger partial charge in [-0.05, 0) is 18.4 Å². The third-order valence-corrected chi connectivity index (χ3v) is 3.70. The van der Waals surface area contributed by atoms with Crippen LogP contribution in [0.1, 0.15) is 45.2 Å². The van der Waals surface area contributed by atoms with Crippen LogP contribution in [0.5, 0.6) is 0 Å². The van der Waals surface area contributed by atoms with Gasteiger partial charge in [0.15, 0.2) is 0 Å². The molecule has 3 heteroatoms. The van der Waals surface area contributed by atoms with E-state index in [1.165, 1.54) is 0 Å². The molecule has 1 aromatic carbocycles. The third-order valence-electron chi connectivity index (χ3n) is 3.70. The number of ether oxygens (including phenoxy) is 1.